The van der Waals surface area contributed by atoms with Crippen molar-refractivity contribution in [1.82, 2.24) is 0 Å². The third-order valence-electron chi connectivity index (χ3n) is 12.5. The molecular weight excluding hydrogens is 765 g/mol. The molecule has 10 heteroatoms. The molecule has 4 aliphatic heterocycles. The molecule has 0 fully saturated rings. The van der Waals surface area contributed by atoms with Gasteiger partial charge in [0.15, 0.2) is 11.5 Å². The van der Waals surface area contributed by atoms with Crippen molar-refractivity contribution in [1.29, 1.82) is 0 Å². The molecule has 0 aromatic heterocycles. The van der Waals surface area contributed by atoms with Gasteiger partial charge in [-0.1, -0.05) is 57.2 Å². The summed E-state index contributed by atoms with van der Waals surface area (Å²) >= 11 is 0. The van der Waals surface area contributed by atoms with Gasteiger partial charge in [0.25, 0.3) is 11.8 Å². The number of anilines is 3. The van der Waals surface area contributed by atoms with Crippen LogP contribution in [0.25, 0.3) is 0 Å². The highest BCUT2D eigenvalue weighted by atomic mass is 16.5. The second kappa shape index (κ2) is 15.9. The smallest absolute Gasteiger partial charge is 0.261 e. The van der Waals surface area contributed by atoms with Crippen LogP contribution in [0.5, 0.6) is 17.2 Å². The van der Waals surface area contributed by atoms with Crippen molar-refractivity contribution < 1.29 is 28.6 Å². The normalized spacial score (nSPS) is 17.3. The van der Waals surface area contributed by atoms with Crippen molar-refractivity contribution in [2.45, 2.75) is 91.5 Å². The fraction of sp³-hybridized carbons (Fsp3) is 0.333. The first-order chi connectivity index (χ1) is 29.3. The fourth-order valence-corrected chi connectivity index (χ4v) is 9.12. The Kier molecular flexibility index (Phi) is 10.4. The summed E-state index contributed by atoms with van der Waals surface area (Å²) < 4.78 is 18.8. The Morgan fingerprint density at radius 3 is 2.13 bits per heavy atom. The highest BCUT2D eigenvalue weighted by molar-refractivity contribution is 6.14. The lowest BCUT2D eigenvalue weighted by Gasteiger charge is -2.23. The van der Waals surface area contributed by atoms with Gasteiger partial charge in [-0.2, -0.15) is 0 Å². The van der Waals surface area contributed by atoms with Gasteiger partial charge in [0.2, 0.25) is 5.91 Å². The van der Waals surface area contributed by atoms with Crippen LogP contribution in [0.4, 0.5) is 22.7 Å². The van der Waals surface area contributed by atoms with Gasteiger partial charge in [-0.3, -0.25) is 24.3 Å². The summed E-state index contributed by atoms with van der Waals surface area (Å²) in [5.41, 5.74) is 10.2. The van der Waals surface area contributed by atoms with Crippen LogP contribution in [0.3, 0.4) is 0 Å². The number of para-hydroxylation sites is 2. The number of rotatable bonds is 10. The number of aryl methyl sites for hydroxylation is 2. The van der Waals surface area contributed by atoms with E-state index in [0.29, 0.717) is 40.5 Å². The number of amides is 3. The average Bonchev–Trinajstić information content (AvgIpc) is 3.75. The molecule has 0 N–H and O–H groups in total. The molecular formula is C51H52N4O6. The molecule has 0 spiro atoms. The molecule has 0 bridgehead atoms. The van der Waals surface area contributed by atoms with E-state index in [1.165, 1.54) is 5.56 Å². The van der Waals surface area contributed by atoms with Gasteiger partial charge in [0.1, 0.15) is 19.0 Å². The molecule has 0 unspecified atom stereocenters. The van der Waals surface area contributed by atoms with Gasteiger partial charge < -0.3 is 24.0 Å². The number of nitrogens with zero attached hydrogens (tertiary/aromatic N) is 4. The summed E-state index contributed by atoms with van der Waals surface area (Å²) in [6.45, 7) is 8.74. The zero-order chi connectivity index (χ0) is 42.6. The standard InChI is InChI=1S/C51H52N4O6/c1-31-19-41-42(52-28-39-24-36-12-8-10-14-44(36)55(39)50(41)58)27-45(31)60-29-32-20-33(22-38(21-32)53(5)48(56)17-18-51(2,3)4)30-61-47-25-34-15-16-37-23-35-11-7-9-13-43(35)54(37)49(57)40(34)26-46(47)59-6/h7-14,19-22,25-28,37,39H,15-18,23-24,29-30H2,1-6H3/t37-,39+/m1/s1. The lowest BCUT2D eigenvalue weighted by Crippen LogP contribution is -2.37. The fourth-order valence-electron chi connectivity index (χ4n) is 9.12. The molecule has 5 aromatic carbocycles. The first kappa shape index (κ1) is 40.0. The van der Waals surface area contributed by atoms with E-state index in [-0.39, 0.29) is 48.4 Å². The maximum Gasteiger partial charge on any atom is 0.261 e. The van der Waals surface area contributed by atoms with Crippen LogP contribution in [0.1, 0.15) is 94.1 Å². The summed E-state index contributed by atoms with van der Waals surface area (Å²) in [5.74, 6) is 1.59. The lowest BCUT2D eigenvalue weighted by molar-refractivity contribution is -0.118. The Balaban J connectivity index is 0.973. The van der Waals surface area contributed by atoms with E-state index in [2.05, 4.69) is 32.9 Å². The Labute approximate surface area is 357 Å². The largest absolute Gasteiger partial charge is 0.493 e. The molecule has 0 saturated heterocycles. The average molecular weight is 817 g/mol. The van der Waals surface area contributed by atoms with Gasteiger partial charge >= 0.3 is 0 Å². The number of ether oxygens (including phenoxy) is 3. The number of hydrogen-bond acceptors (Lipinski definition) is 7. The van der Waals surface area contributed by atoms with E-state index in [4.69, 9.17) is 19.2 Å². The highest BCUT2D eigenvalue weighted by Crippen LogP contribution is 2.42. The van der Waals surface area contributed by atoms with E-state index in [1.54, 1.807) is 19.1 Å². The number of fused-ring (bicyclic) bond motifs is 8. The second-order valence-electron chi connectivity index (χ2n) is 17.9. The molecule has 312 valence electrons. The number of hydrogen-bond donors (Lipinski definition) is 0. The maximum atomic E-state index is 14.1. The molecule has 2 atom stereocenters. The number of carbonyl (C=O) groups excluding carboxylic acids is 3. The number of carbonyl (C=O) groups is 3. The van der Waals surface area contributed by atoms with E-state index in [0.717, 1.165) is 77.0 Å². The Hall–Kier alpha value is -6.42. The molecule has 9 rings (SSSR count). The zero-order valence-corrected chi connectivity index (χ0v) is 35.8. The molecule has 10 nitrogen and oxygen atoms in total. The highest BCUT2D eigenvalue weighted by Gasteiger charge is 2.38. The number of benzene rings is 5. The van der Waals surface area contributed by atoms with Crippen LogP contribution in [-0.2, 0) is 37.3 Å². The first-order valence-corrected chi connectivity index (χ1v) is 21.2. The van der Waals surface area contributed by atoms with Gasteiger partial charge in [-0.05, 0) is 120 Å². The van der Waals surface area contributed by atoms with Crippen molar-refractivity contribution in [3.8, 4) is 17.2 Å². The molecule has 0 aliphatic carbocycles. The Morgan fingerprint density at radius 1 is 0.770 bits per heavy atom. The predicted octanol–water partition coefficient (Wildman–Crippen LogP) is 9.76. The van der Waals surface area contributed by atoms with Crippen LogP contribution in [-0.4, -0.2) is 50.2 Å². The summed E-state index contributed by atoms with van der Waals surface area (Å²) in [7, 11) is 3.40. The van der Waals surface area contributed by atoms with Crippen LogP contribution in [0, 0.1) is 12.3 Å². The second-order valence-corrected chi connectivity index (χ2v) is 17.9. The molecule has 0 radical (unpaired) electrons. The van der Waals surface area contributed by atoms with Crippen molar-refractivity contribution in [3.05, 3.63) is 136 Å². The maximum absolute atomic E-state index is 14.1. The minimum Gasteiger partial charge on any atom is -0.493 e. The molecule has 4 aliphatic rings. The van der Waals surface area contributed by atoms with Crippen molar-refractivity contribution in [2.75, 3.05) is 28.9 Å². The van der Waals surface area contributed by atoms with Gasteiger partial charge in [0, 0.05) is 60.8 Å². The summed E-state index contributed by atoms with van der Waals surface area (Å²) in [4.78, 5) is 51.8. The Morgan fingerprint density at radius 2 is 1.43 bits per heavy atom. The van der Waals surface area contributed by atoms with Crippen LogP contribution < -0.4 is 28.9 Å². The Bertz CT molecular complexity index is 2610. The number of methoxy groups -OCH3 is 1. The topological polar surface area (TPSA) is 101 Å². The van der Waals surface area contributed by atoms with Crippen molar-refractivity contribution in [3.63, 3.8) is 0 Å². The third-order valence-corrected chi connectivity index (χ3v) is 12.5. The summed E-state index contributed by atoms with van der Waals surface area (Å²) in [6.07, 6.45) is 6.20. The minimum atomic E-state index is -0.141. The van der Waals surface area contributed by atoms with E-state index in [9.17, 15) is 14.4 Å². The predicted molar refractivity (Wildman–Crippen MR) is 239 cm³/mol. The molecule has 0 saturated carbocycles. The van der Waals surface area contributed by atoms with Gasteiger partial charge in [-0.15, -0.1) is 0 Å². The van der Waals surface area contributed by atoms with Crippen molar-refractivity contribution >= 4 is 46.7 Å². The summed E-state index contributed by atoms with van der Waals surface area (Å²) in [5, 5.41) is 0. The van der Waals surface area contributed by atoms with Crippen LogP contribution >= 0.6 is 0 Å². The lowest BCUT2D eigenvalue weighted by atomic mass is 9.90. The SMILES string of the molecule is COc1cc2c(cc1OCc1cc(COc3cc4c(cc3C)C(=O)N3c5ccccc5C[C@H]3C=N4)cc(N(C)C(=O)CCC(C)(C)C)c1)CC[C@@H]1Cc3ccccc3N1C2=O. The summed E-state index contributed by atoms with van der Waals surface area (Å²) in [6, 6.07) is 29.6. The van der Waals surface area contributed by atoms with Gasteiger partial charge in [0.05, 0.1) is 24.4 Å². The van der Waals surface area contributed by atoms with E-state index in [1.807, 2.05) is 102 Å². The molecule has 3 amide bonds. The quantitative estimate of drug-likeness (QED) is 0.139. The molecule has 5 aromatic rings. The van der Waals surface area contributed by atoms with Crippen LogP contribution in [0.2, 0.25) is 0 Å². The monoisotopic (exact) mass is 816 g/mol. The third kappa shape index (κ3) is 7.75. The number of aliphatic imine (C=N–C) groups is 1. The van der Waals surface area contributed by atoms with E-state index < -0.39 is 0 Å². The minimum absolute atomic E-state index is 0.0157. The zero-order valence-electron chi connectivity index (χ0n) is 35.8. The van der Waals surface area contributed by atoms with Crippen molar-refractivity contribution in [2.24, 2.45) is 10.4 Å². The van der Waals surface area contributed by atoms with Gasteiger partial charge in [-0.25, -0.2) is 0 Å². The van der Waals surface area contributed by atoms with E-state index >= 15 is 0 Å². The molecule has 4 heterocycles. The van der Waals surface area contributed by atoms with Crippen LogP contribution in [0.15, 0.2) is 96.0 Å². The first-order valence-electron chi connectivity index (χ1n) is 21.2. The molecule has 61 heavy (non-hydrogen) atoms.